The minimum absolute atomic E-state index is 0.0429. The molecular weight excluding hydrogens is 404 g/mol. The molecule has 2 saturated heterocycles. The molecule has 2 aliphatic rings. The molecule has 2 aliphatic heterocycles. The van der Waals surface area contributed by atoms with E-state index in [0.717, 1.165) is 56.0 Å². The molecule has 170 valence electrons. The molecule has 8 nitrogen and oxygen atoms in total. The molecule has 1 atom stereocenters. The zero-order valence-electron chi connectivity index (χ0n) is 18.6. The second kappa shape index (κ2) is 10.5. The summed E-state index contributed by atoms with van der Waals surface area (Å²) in [6.45, 7) is 4.43. The number of nitrogens with zero attached hydrogens (tertiary/aromatic N) is 3. The minimum atomic E-state index is -0.161. The van der Waals surface area contributed by atoms with E-state index in [-0.39, 0.29) is 17.5 Å². The number of aromatic nitrogens is 2. The zero-order valence-corrected chi connectivity index (χ0v) is 18.6. The predicted octanol–water partition coefficient (Wildman–Crippen LogP) is 2.53. The molecule has 0 radical (unpaired) electrons. The van der Waals surface area contributed by atoms with Crippen molar-refractivity contribution in [1.29, 1.82) is 0 Å². The number of hydrogen-bond donors (Lipinski definition) is 3. The Morgan fingerprint density at radius 1 is 1.22 bits per heavy atom. The number of nitrogens with one attached hydrogen (secondary N) is 3. The lowest BCUT2D eigenvalue weighted by Crippen LogP contribution is -2.45. The van der Waals surface area contributed by atoms with Gasteiger partial charge in [-0.15, -0.1) is 0 Å². The van der Waals surface area contributed by atoms with Gasteiger partial charge in [0, 0.05) is 56.8 Å². The summed E-state index contributed by atoms with van der Waals surface area (Å²) in [4.78, 5) is 36.4. The molecule has 32 heavy (non-hydrogen) atoms. The molecule has 1 amide bonds. The van der Waals surface area contributed by atoms with Gasteiger partial charge in [-0.25, -0.2) is 4.98 Å². The van der Waals surface area contributed by atoms with Crippen LogP contribution in [0.4, 0.5) is 11.5 Å². The van der Waals surface area contributed by atoms with Crippen molar-refractivity contribution in [3.8, 4) is 11.1 Å². The van der Waals surface area contributed by atoms with E-state index in [1.54, 1.807) is 18.5 Å². The molecule has 0 aliphatic carbocycles. The molecule has 3 N–H and O–H groups in total. The maximum absolute atomic E-state index is 12.6. The maximum Gasteiger partial charge on any atom is 0.271 e. The second-order valence-corrected chi connectivity index (χ2v) is 8.49. The van der Waals surface area contributed by atoms with Gasteiger partial charge in [0.05, 0.1) is 0 Å². The molecule has 0 bridgehead atoms. The van der Waals surface area contributed by atoms with Crippen LogP contribution >= 0.6 is 0 Å². The summed E-state index contributed by atoms with van der Waals surface area (Å²) in [5, 5.41) is 6.40. The lowest BCUT2D eigenvalue weighted by atomic mass is 10.0. The number of likely N-dealkylation sites (tertiary alicyclic amines) is 2. The fourth-order valence-electron chi connectivity index (χ4n) is 4.39. The van der Waals surface area contributed by atoms with Gasteiger partial charge < -0.3 is 20.5 Å². The van der Waals surface area contributed by atoms with Gasteiger partial charge in [-0.1, -0.05) is 6.08 Å². The van der Waals surface area contributed by atoms with E-state index in [2.05, 4.69) is 25.5 Å². The van der Waals surface area contributed by atoms with Crippen LogP contribution in [0.3, 0.4) is 0 Å². The minimum Gasteiger partial charge on any atom is -0.376 e. The van der Waals surface area contributed by atoms with Crippen LogP contribution < -0.4 is 16.2 Å². The van der Waals surface area contributed by atoms with Crippen molar-refractivity contribution in [3.05, 3.63) is 53.1 Å². The van der Waals surface area contributed by atoms with Gasteiger partial charge in [0.1, 0.15) is 11.5 Å². The molecule has 4 heterocycles. The smallest absolute Gasteiger partial charge is 0.271 e. The first-order valence-corrected chi connectivity index (χ1v) is 11.4. The SMILES string of the molecule is CNc1cc(-c2c[nH]c(=O)c(NC3CCCN(C(=O)/C=C/CN4CCCC4)C3)c2)ccn1. The standard InChI is InChI=1S/C24H32N6O2/c1-25-22-15-18(8-9-26-22)19-14-21(24(32)27-16-19)28-20-6-4-13-30(17-20)23(31)7-5-12-29-10-2-3-11-29/h5,7-9,14-16,20,28H,2-4,6,10-13,17H2,1H3,(H,25,26)(H,27,32)/b7-5+. The molecule has 4 rings (SSSR count). The fraction of sp³-hybridized carbons (Fsp3) is 0.458. The van der Waals surface area contributed by atoms with E-state index in [4.69, 9.17) is 0 Å². The van der Waals surface area contributed by atoms with Crippen molar-refractivity contribution in [1.82, 2.24) is 19.8 Å². The highest BCUT2D eigenvalue weighted by molar-refractivity contribution is 5.87. The number of carbonyl (C=O) groups is 1. The van der Waals surface area contributed by atoms with E-state index in [9.17, 15) is 9.59 Å². The van der Waals surface area contributed by atoms with Gasteiger partial charge in [-0.05, 0) is 62.5 Å². The van der Waals surface area contributed by atoms with Crippen LogP contribution in [0.25, 0.3) is 11.1 Å². The number of carbonyl (C=O) groups excluding carboxylic acids is 1. The van der Waals surface area contributed by atoms with Gasteiger partial charge in [0.15, 0.2) is 0 Å². The Morgan fingerprint density at radius 3 is 2.88 bits per heavy atom. The average molecular weight is 437 g/mol. The number of pyridine rings is 2. The van der Waals surface area contributed by atoms with Crippen LogP contribution in [0.15, 0.2) is 47.5 Å². The predicted molar refractivity (Wildman–Crippen MR) is 128 cm³/mol. The van der Waals surface area contributed by atoms with Gasteiger partial charge in [0.2, 0.25) is 5.91 Å². The normalized spacial score (nSPS) is 19.4. The van der Waals surface area contributed by atoms with E-state index in [1.807, 2.05) is 36.2 Å². The summed E-state index contributed by atoms with van der Waals surface area (Å²) in [5.74, 6) is 0.817. The van der Waals surface area contributed by atoms with Crippen LogP contribution in [0, 0.1) is 0 Å². The number of rotatable bonds is 7. The summed E-state index contributed by atoms with van der Waals surface area (Å²) in [5.41, 5.74) is 2.23. The summed E-state index contributed by atoms with van der Waals surface area (Å²) in [6, 6.07) is 5.76. The molecule has 1 unspecified atom stereocenters. The summed E-state index contributed by atoms with van der Waals surface area (Å²) >= 11 is 0. The van der Waals surface area contributed by atoms with Crippen molar-refractivity contribution in [2.75, 3.05) is 50.4 Å². The lowest BCUT2D eigenvalue weighted by molar-refractivity contribution is -0.127. The Hall–Kier alpha value is -3.13. The fourth-order valence-corrected chi connectivity index (χ4v) is 4.39. The Morgan fingerprint density at radius 2 is 2.06 bits per heavy atom. The molecule has 2 aromatic rings. The highest BCUT2D eigenvalue weighted by Crippen LogP contribution is 2.23. The third-order valence-corrected chi connectivity index (χ3v) is 6.17. The van der Waals surface area contributed by atoms with E-state index >= 15 is 0 Å². The summed E-state index contributed by atoms with van der Waals surface area (Å²) in [7, 11) is 1.82. The first-order chi connectivity index (χ1) is 15.6. The van der Waals surface area contributed by atoms with Gasteiger partial charge in [-0.2, -0.15) is 0 Å². The van der Waals surface area contributed by atoms with E-state index in [0.29, 0.717) is 12.2 Å². The third kappa shape index (κ3) is 5.56. The largest absolute Gasteiger partial charge is 0.376 e. The number of amides is 1. The first-order valence-electron chi connectivity index (χ1n) is 11.4. The maximum atomic E-state index is 12.6. The molecule has 0 saturated carbocycles. The van der Waals surface area contributed by atoms with Crippen molar-refractivity contribution in [2.45, 2.75) is 31.7 Å². The van der Waals surface area contributed by atoms with Crippen molar-refractivity contribution >= 4 is 17.4 Å². The van der Waals surface area contributed by atoms with Gasteiger partial charge >= 0.3 is 0 Å². The van der Waals surface area contributed by atoms with Gasteiger partial charge in [-0.3, -0.25) is 14.5 Å². The molecule has 8 heteroatoms. The van der Waals surface area contributed by atoms with Crippen molar-refractivity contribution in [2.24, 2.45) is 0 Å². The van der Waals surface area contributed by atoms with E-state index in [1.165, 1.54) is 12.8 Å². The highest BCUT2D eigenvalue weighted by Gasteiger charge is 2.23. The zero-order chi connectivity index (χ0) is 22.3. The topological polar surface area (TPSA) is 93.4 Å². The monoisotopic (exact) mass is 436 g/mol. The van der Waals surface area contributed by atoms with Gasteiger partial charge in [0.25, 0.3) is 5.56 Å². The Bertz CT molecular complexity index is 1010. The first kappa shape index (κ1) is 22.1. The number of piperidine rings is 1. The quantitative estimate of drug-likeness (QED) is 0.578. The van der Waals surface area contributed by atoms with Crippen LogP contribution in [0.1, 0.15) is 25.7 Å². The number of anilines is 2. The Balaban J connectivity index is 1.39. The molecular formula is C24H32N6O2. The van der Waals surface area contributed by atoms with Crippen LogP contribution in [-0.2, 0) is 4.79 Å². The van der Waals surface area contributed by atoms with E-state index < -0.39 is 0 Å². The van der Waals surface area contributed by atoms with Crippen molar-refractivity contribution in [3.63, 3.8) is 0 Å². The highest BCUT2D eigenvalue weighted by atomic mass is 16.2. The van der Waals surface area contributed by atoms with Crippen molar-refractivity contribution < 1.29 is 4.79 Å². The second-order valence-electron chi connectivity index (χ2n) is 8.49. The lowest BCUT2D eigenvalue weighted by Gasteiger charge is -2.33. The molecule has 0 aromatic carbocycles. The molecule has 0 spiro atoms. The Labute approximate surface area is 188 Å². The number of H-pyrrole nitrogens is 1. The van der Waals surface area contributed by atoms with Crippen LogP contribution in [0.2, 0.25) is 0 Å². The van der Waals surface area contributed by atoms with Crippen LogP contribution in [0.5, 0.6) is 0 Å². The molecule has 2 fully saturated rings. The summed E-state index contributed by atoms with van der Waals surface area (Å²) < 4.78 is 0. The average Bonchev–Trinajstić information content (AvgIpc) is 3.34. The molecule has 2 aromatic heterocycles. The Kier molecular flexibility index (Phi) is 7.21. The summed E-state index contributed by atoms with van der Waals surface area (Å²) in [6.07, 6.45) is 11.5. The third-order valence-electron chi connectivity index (χ3n) is 6.17. The number of hydrogen-bond acceptors (Lipinski definition) is 6. The number of aromatic amines is 1. The van der Waals surface area contributed by atoms with Crippen LogP contribution in [-0.4, -0.2) is 71.5 Å².